The molecule has 4 heteroatoms. The Bertz CT molecular complexity index is 522. The SMILES string of the molecule is Cc1csc(CC(=O)C(CN)c2ccccc2)n1. The lowest BCUT2D eigenvalue weighted by molar-refractivity contribution is -0.119. The number of benzene rings is 1. The van der Waals surface area contributed by atoms with Gasteiger partial charge in [0.15, 0.2) is 0 Å². The van der Waals surface area contributed by atoms with Gasteiger partial charge in [-0.05, 0) is 12.5 Å². The quantitative estimate of drug-likeness (QED) is 0.897. The van der Waals surface area contributed by atoms with Crippen molar-refractivity contribution < 1.29 is 4.79 Å². The summed E-state index contributed by atoms with van der Waals surface area (Å²) in [7, 11) is 0. The van der Waals surface area contributed by atoms with Crippen LogP contribution in [0.15, 0.2) is 35.7 Å². The molecule has 0 amide bonds. The number of nitrogens with zero attached hydrogens (tertiary/aromatic N) is 1. The third-order valence-electron chi connectivity index (χ3n) is 2.82. The predicted octanol–water partition coefficient (Wildman–Crippen LogP) is 2.31. The molecule has 3 nitrogen and oxygen atoms in total. The van der Waals surface area contributed by atoms with Crippen LogP contribution in [0, 0.1) is 6.92 Å². The Morgan fingerprint density at radius 2 is 2.11 bits per heavy atom. The van der Waals surface area contributed by atoms with E-state index in [9.17, 15) is 4.79 Å². The lowest BCUT2D eigenvalue weighted by atomic mass is 9.93. The van der Waals surface area contributed by atoms with Crippen molar-refractivity contribution in [3.05, 3.63) is 52.0 Å². The van der Waals surface area contributed by atoms with Gasteiger partial charge in [-0.15, -0.1) is 11.3 Å². The van der Waals surface area contributed by atoms with Gasteiger partial charge >= 0.3 is 0 Å². The van der Waals surface area contributed by atoms with Gasteiger partial charge in [0.25, 0.3) is 0 Å². The highest BCUT2D eigenvalue weighted by Crippen LogP contribution is 2.19. The van der Waals surface area contributed by atoms with E-state index >= 15 is 0 Å². The van der Waals surface area contributed by atoms with E-state index in [1.54, 1.807) is 0 Å². The summed E-state index contributed by atoms with van der Waals surface area (Å²) in [5.74, 6) is -0.0894. The van der Waals surface area contributed by atoms with Crippen molar-refractivity contribution in [2.75, 3.05) is 6.54 Å². The first-order valence-electron chi connectivity index (χ1n) is 5.89. The first-order chi connectivity index (χ1) is 8.70. The van der Waals surface area contributed by atoms with Crippen molar-refractivity contribution in [3.8, 4) is 0 Å². The van der Waals surface area contributed by atoms with Gasteiger partial charge < -0.3 is 5.73 Å². The van der Waals surface area contributed by atoms with E-state index < -0.39 is 0 Å². The van der Waals surface area contributed by atoms with Crippen molar-refractivity contribution in [3.63, 3.8) is 0 Å². The van der Waals surface area contributed by atoms with Crippen molar-refractivity contribution >= 4 is 17.1 Å². The second-order valence-corrected chi connectivity index (χ2v) is 5.17. The zero-order valence-electron chi connectivity index (χ0n) is 10.3. The molecule has 1 atom stereocenters. The Labute approximate surface area is 111 Å². The van der Waals surface area contributed by atoms with E-state index in [0.29, 0.717) is 13.0 Å². The summed E-state index contributed by atoms with van der Waals surface area (Å²) in [5, 5.41) is 2.83. The van der Waals surface area contributed by atoms with E-state index in [1.807, 2.05) is 42.6 Å². The highest BCUT2D eigenvalue weighted by molar-refractivity contribution is 7.09. The molecule has 0 radical (unpaired) electrons. The highest BCUT2D eigenvalue weighted by atomic mass is 32.1. The minimum atomic E-state index is -0.226. The number of aromatic nitrogens is 1. The fraction of sp³-hybridized carbons (Fsp3) is 0.286. The van der Waals surface area contributed by atoms with Crippen LogP contribution >= 0.6 is 11.3 Å². The summed E-state index contributed by atoms with van der Waals surface area (Å²) in [6.07, 6.45) is 0.370. The third kappa shape index (κ3) is 3.03. The maximum atomic E-state index is 12.2. The smallest absolute Gasteiger partial charge is 0.148 e. The van der Waals surface area contributed by atoms with E-state index in [0.717, 1.165) is 16.3 Å². The number of carbonyl (C=O) groups is 1. The maximum absolute atomic E-state index is 12.2. The second kappa shape index (κ2) is 5.89. The predicted molar refractivity (Wildman–Crippen MR) is 73.8 cm³/mol. The number of aryl methyl sites for hydroxylation is 1. The van der Waals surface area contributed by atoms with Crippen molar-refractivity contribution in [2.45, 2.75) is 19.3 Å². The lowest BCUT2D eigenvalue weighted by Gasteiger charge is -2.13. The molecule has 0 spiro atoms. The summed E-state index contributed by atoms with van der Waals surface area (Å²) in [6, 6.07) is 9.69. The first kappa shape index (κ1) is 12.9. The molecule has 0 aliphatic carbocycles. The number of hydrogen-bond acceptors (Lipinski definition) is 4. The zero-order chi connectivity index (χ0) is 13.0. The summed E-state index contributed by atoms with van der Waals surface area (Å²) in [5.41, 5.74) is 7.68. The number of hydrogen-bond donors (Lipinski definition) is 1. The molecule has 0 aliphatic rings. The van der Waals surface area contributed by atoms with Crippen LogP contribution in [0.4, 0.5) is 0 Å². The molecular weight excluding hydrogens is 244 g/mol. The van der Waals surface area contributed by atoms with Crippen LogP contribution in [0.5, 0.6) is 0 Å². The van der Waals surface area contributed by atoms with E-state index in [-0.39, 0.29) is 11.7 Å². The van der Waals surface area contributed by atoms with Crippen molar-refractivity contribution in [1.82, 2.24) is 4.98 Å². The van der Waals surface area contributed by atoms with Gasteiger partial charge in [0, 0.05) is 17.6 Å². The minimum Gasteiger partial charge on any atom is -0.329 e. The lowest BCUT2D eigenvalue weighted by Crippen LogP contribution is -2.23. The largest absolute Gasteiger partial charge is 0.329 e. The zero-order valence-corrected chi connectivity index (χ0v) is 11.1. The Morgan fingerprint density at radius 1 is 1.39 bits per heavy atom. The molecular formula is C14H16N2OS. The van der Waals surface area contributed by atoms with Crippen LogP contribution in [0.1, 0.15) is 22.2 Å². The topological polar surface area (TPSA) is 56.0 Å². The average molecular weight is 260 g/mol. The van der Waals surface area contributed by atoms with Gasteiger partial charge in [0.1, 0.15) is 10.8 Å². The number of nitrogens with two attached hydrogens (primary N) is 1. The van der Waals surface area contributed by atoms with Crippen molar-refractivity contribution in [1.29, 1.82) is 0 Å². The average Bonchev–Trinajstić information content (AvgIpc) is 2.77. The molecule has 1 aromatic carbocycles. The molecule has 2 N–H and O–H groups in total. The fourth-order valence-electron chi connectivity index (χ4n) is 1.89. The van der Waals surface area contributed by atoms with Crippen LogP contribution in [-0.2, 0) is 11.2 Å². The van der Waals surface area contributed by atoms with Gasteiger partial charge in [-0.1, -0.05) is 30.3 Å². The minimum absolute atomic E-state index is 0.137. The van der Waals surface area contributed by atoms with E-state index in [1.165, 1.54) is 11.3 Å². The molecule has 0 aliphatic heterocycles. The molecule has 94 valence electrons. The van der Waals surface area contributed by atoms with Crippen LogP contribution in [-0.4, -0.2) is 17.3 Å². The number of rotatable bonds is 5. The number of carbonyl (C=O) groups excluding carboxylic acids is 1. The van der Waals surface area contributed by atoms with Gasteiger partial charge in [-0.2, -0.15) is 0 Å². The van der Waals surface area contributed by atoms with Crippen molar-refractivity contribution in [2.24, 2.45) is 5.73 Å². The van der Waals surface area contributed by atoms with Gasteiger partial charge in [0.2, 0.25) is 0 Å². The fourth-order valence-corrected chi connectivity index (χ4v) is 2.68. The first-order valence-corrected chi connectivity index (χ1v) is 6.77. The van der Waals surface area contributed by atoms with Gasteiger partial charge in [0.05, 0.1) is 12.3 Å². The maximum Gasteiger partial charge on any atom is 0.148 e. The highest BCUT2D eigenvalue weighted by Gasteiger charge is 2.19. The molecule has 0 saturated carbocycles. The summed E-state index contributed by atoms with van der Waals surface area (Å²) >= 11 is 1.53. The Balaban J connectivity index is 2.11. The molecule has 1 heterocycles. The van der Waals surface area contributed by atoms with E-state index in [4.69, 9.17) is 5.73 Å². The molecule has 2 rings (SSSR count). The normalized spacial score (nSPS) is 12.3. The standard InChI is InChI=1S/C14H16N2OS/c1-10-9-18-14(16-10)7-13(17)12(8-15)11-5-3-2-4-6-11/h2-6,9,12H,7-8,15H2,1H3. The summed E-state index contributed by atoms with van der Waals surface area (Å²) < 4.78 is 0. The molecule has 0 bridgehead atoms. The molecule has 2 aromatic rings. The van der Waals surface area contributed by atoms with Crippen LogP contribution in [0.25, 0.3) is 0 Å². The summed E-state index contributed by atoms with van der Waals surface area (Å²) in [6.45, 7) is 2.27. The monoisotopic (exact) mass is 260 g/mol. The Kier molecular flexibility index (Phi) is 4.23. The summed E-state index contributed by atoms with van der Waals surface area (Å²) in [4.78, 5) is 16.6. The van der Waals surface area contributed by atoms with Crippen LogP contribution in [0.2, 0.25) is 0 Å². The second-order valence-electron chi connectivity index (χ2n) is 4.22. The Hall–Kier alpha value is -1.52. The number of ketones is 1. The van der Waals surface area contributed by atoms with E-state index in [2.05, 4.69) is 4.98 Å². The molecule has 18 heavy (non-hydrogen) atoms. The third-order valence-corrected chi connectivity index (χ3v) is 3.78. The Morgan fingerprint density at radius 3 is 2.67 bits per heavy atom. The van der Waals surface area contributed by atoms with Gasteiger partial charge in [-0.25, -0.2) is 4.98 Å². The van der Waals surface area contributed by atoms with Crippen LogP contribution < -0.4 is 5.73 Å². The van der Waals surface area contributed by atoms with Crippen LogP contribution in [0.3, 0.4) is 0 Å². The number of thiazole rings is 1. The molecule has 1 unspecified atom stereocenters. The molecule has 0 fully saturated rings. The van der Waals surface area contributed by atoms with Gasteiger partial charge in [-0.3, -0.25) is 4.79 Å². The number of Topliss-reactive ketones (excluding diaryl/α,β-unsaturated/α-hetero) is 1. The molecule has 0 saturated heterocycles. The molecule has 1 aromatic heterocycles.